The number of nitro groups is 2. The van der Waals surface area contributed by atoms with Gasteiger partial charge in [0.15, 0.2) is 0 Å². The first-order valence-corrected chi connectivity index (χ1v) is 14.3. The van der Waals surface area contributed by atoms with Gasteiger partial charge in [-0.2, -0.15) is 12.6 Å². The highest BCUT2D eigenvalue weighted by Gasteiger charge is 2.42. The molecule has 0 spiro atoms. The Labute approximate surface area is 257 Å². The van der Waals surface area contributed by atoms with E-state index in [9.17, 15) is 34.6 Å². The molecule has 3 atom stereocenters. The third-order valence-corrected chi connectivity index (χ3v) is 7.90. The third kappa shape index (κ3) is 8.00. The number of carbonyl (C=O) groups is 3. The second-order valence-electron chi connectivity index (χ2n) is 10.7. The van der Waals surface area contributed by atoms with Crippen LogP contribution in [0.5, 0.6) is 0 Å². The monoisotopic (exact) mass is 628 g/mol. The van der Waals surface area contributed by atoms with E-state index in [2.05, 4.69) is 12.6 Å². The van der Waals surface area contributed by atoms with Gasteiger partial charge in [-0.05, 0) is 54.2 Å². The molecular weight excluding hydrogens is 596 g/mol. The number of thiol groups is 1. The molecule has 2 heterocycles. The number of likely N-dealkylation sites (tertiary alicyclic amines) is 2. The molecule has 4 rings (SSSR count). The summed E-state index contributed by atoms with van der Waals surface area (Å²) in [5.41, 5.74) is 0.960. The van der Waals surface area contributed by atoms with Gasteiger partial charge in [0.05, 0.1) is 9.85 Å². The Morgan fingerprint density at radius 3 is 2.05 bits per heavy atom. The van der Waals surface area contributed by atoms with Crippen LogP contribution in [0.3, 0.4) is 0 Å². The topological polar surface area (TPSA) is 190 Å². The van der Waals surface area contributed by atoms with Crippen LogP contribution in [0.15, 0.2) is 48.5 Å². The van der Waals surface area contributed by atoms with Gasteiger partial charge in [0.1, 0.15) is 19.3 Å². The van der Waals surface area contributed by atoms with Gasteiger partial charge in [0.2, 0.25) is 11.7 Å². The molecule has 0 unspecified atom stereocenters. The molecule has 2 aliphatic rings. The Balaban J connectivity index is 1.25. The van der Waals surface area contributed by atoms with E-state index in [1.165, 1.54) is 58.3 Å². The molecule has 2 aliphatic heterocycles. The molecule has 0 saturated carbocycles. The molecular formula is C28H32N6O9S. The zero-order valence-corrected chi connectivity index (χ0v) is 24.8. The van der Waals surface area contributed by atoms with Crippen molar-refractivity contribution in [2.24, 2.45) is 5.92 Å². The number of non-ortho nitro benzene ring substituents is 2. The number of nitro benzene ring substituents is 2. The Hall–Kier alpha value is -4.73. The highest BCUT2D eigenvalue weighted by Crippen LogP contribution is 2.27. The van der Waals surface area contributed by atoms with Crippen LogP contribution >= 0.6 is 12.6 Å². The summed E-state index contributed by atoms with van der Waals surface area (Å²) in [6, 6.07) is 10.5. The van der Waals surface area contributed by atoms with Crippen LogP contribution in [-0.2, 0) is 32.3 Å². The van der Waals surface area contributed by atoms with Crippen LogP contribution < -0.4 is 0 Å². The largest absolute Gasteiger partial charge is 0.455 e. The van der Waals surface area contributed by atoms with E-state index in [1.54, 1.807) is 11.9 Å². The second-order valence-corrected chi connectivity index (χ2v) is 11.4. The zero-order chi connectivity index (χ0) is 32.0. The van der Waals surface area contributed by atoms with Crippen LogP contribution in [-0.4, -0.2) is 92.9 Å². The number of carbonyl (C=O) groups excluding carboxylic acids is 3. The zero-order valence-electron chi connectivity index (χ0n) is 23.9. The first-order chi connectivity index (χ1) is 20.9. The lowest BCUT2D eigenvalue weighted by molar-refractivity contribution is -0.385. The molecule has 15 nitrogen and oxygen atoms in total. The SMILES string of the molecule is CN(C[C@H]1CCN(C(=O)[C@@H]2C[C@H](S)CN2C(=O)OCc2ccc([N+](=O)[O-])cc2)C1)C(=N)C(=O)OCc1ccc([N+](=O)[O-])cc1. The van der Waals surface area contributed by atoms with Crippen LogP contribution in [0, 0.1) is 31.6 Å². The fourth-order valence-electron chi connectivity index (χ4n) is 5.15. The fraction of sp³-hybridized carbons (Fsp3) is 0.429. The van der Waals surface area contributed by atoms with Crippen molar-refractivity contribution in [2.75, 3.05) is 33.2 Å². The summed E-state index contributed by atoms with van der Waals surface area (Å²) >= 11 is 4.48. The van der Waals surface area contributed by atoms with Crippen molar-refractivity contribution in [3.8, 4) is 0 Å². The van der Waals surface area contributed by atoms with Crippen molar-refractivity contribution in [3.63, 3.8) is 0 Å². The molecule has 44 heavy (non-hydrogen) atoms. The number of amides is 2. The van der Waals surface area contributed by atoms with E-state index in [1.807, 2.05) is 0 Å². The highest BCUT2D eigenvalue weighted by molar-refractivity contribution is 7.81. The van der Waals surface area contributed by atoms with E-state index in [0.717, 1.165) is 0 Å². The predicted molar refractivity (Wildman–Crippen MR) is 159 cm³/mol. The average molecular weight is 629 g/mol. The number of hydrogen-bond acceptors (Lipinski definition) is 11. The summed E-state index contributed by atoms with van der Waals surface area (Å²) in [5.74, 6) is -1.45. The van der Waals surface area contributed by atoms with Gasteiger partial charge in [0.25, 0.3) is 11.4 Å². The number of likely N-dealkylation sites (N-methyl/N-ethyl adjacent to an activating group) is 1. The smallest absolute Gasteiger partial charge is 0.410 e. The molecule has 234 valence electrons. The average Bonchev–Trinajstić information content (AvgIpc) is 3.64. The van der Waals surface area contributed by atoms with Crippen molar-refractivity contribution >= 4 is 47.8 Å². The lowest BCUT2D eigenvalue weighted by Crippen LogP contribution is -2.47. The standard InChI is InChI=1S/C28H32N6O9S/c1-30(25(29)27(36)42-16-18-2-6-21(7-3-18)33(38)39)13-20-10-11-31(14-20)26(35)24-12-23(44)15-32(24)28(37)43-17-19-4-8-22(9-5-19)34(40)41/h2-9,20,23-24,29,44H,10-17H2,1H3/t20-,23+,24+/m1/s1. The first-order valence-electron chi connectivity index (χ1n) is 13.8. The molecule has 2 amide bonds. The van der Waals surface area contributed by atoms with Crippen molar-refractivity contribution in [2.45, 2.75) is 37.3 Å². The van der Waals surface area contributed by atoms with Gasteiger partial charge in [-0.15, -0.1) is 0 Å². The lowest BCUT2D eigenvalue weighted by atomic mass is 10.1. The van der Waals surface area contributed by atoms with Gasteiger partial charge in [-0.1, -0.05) is 0 Å². The number of hydrogen-bond donors (Lipinski definition) is 2. The molecule has 2 aromatic carbocycles. The number of nitrogens with zero attached hydrogens (tertiary/aromatic N) is 5. The second kappa shape index (κ2) is 14.2. The van der Waals surface area contributed by atoms with Crippen LogP contribution in [0.2, 0.25) is 0 Å². The van der Waals surface area contributed by atoms with Crippen molar-refractivity contribution < 1.29 is 33.7 Å². The highest BCUT2D eigenvalue weighted by atomic mass is 32.1. The Morgan fingerprint density at radius 2 is 1.50 bits per heavy atom. The van der Waals surface area contributed by atoms with E-state index in [-0.39, 0.29) is 54.0 Å². The molecule has 0 aromatic heterocycles. The van der Waals surface area contributed by atoms with E-state index < -0.39 is 28.0 Å². The minimum absolute atomic E-state index is 0.0255. The third-order valence-electron chi connectivity index (χ3n) is 7.53. The first kappa shape index (κ1) is 32.2. The summed E-state index contributed by atoms with van der Waals surface area (Å²) in [5, 5.41) is 29.6. The predicted octanol–water partition coefficient (Wildman–Crippen LogP) is 3.01. The number of esters is 1. The molecule has 1 N–H and O–H groups in total. The Morgan fingerprint density at radius 1 is 0.955 bits per heavy atom. The van der Waals surface area contributed by atoms with Crippen molar-refractivity contribution in [1.29, 1.82) is 5.41 Å². The molecule has 2 aromatic rings. The van der Waals surface area contributed by atoms with Crippen LogP contribution in [0.25, 0.3) is 0 Å². The maximum Gasteiger partial charge on any atom is 0.410 e. The fourth-order valence-corrected chi connectivity index (χ4v) is 5.53. The van der Waals surface area contributed by atoms with Gasteiger partial charge in [-0.25, -0.2) is 9.59 Å². The molecule has 0 radical (unpaired) electrons. The normalized spacial score (nSPS) is 19.4. The van der Waals surface area contributed by atoms with Gasteiger partial charge < -0.3 is 19.3 Å². The Bertz CT molecular complexity index is 1420. The minimum Gasteiger partial charge on any atom is -0.455 e. The molecule has 2 fully saturated rings. The maximum absolute atomic E-state index is 13.4. The van der Waals surface area contributed by atoms with Crippen molar-refractivity contribution in [3.05, 3.63) is 79.9 Å². The van der Waals surface area contributed by atoms with Gasteiger partial charge >= 0.3 is 12.1 Å². The summed E-state index contributed by atoms with van der Waals surface area (Å²) in [6.07, 6.45) is 0.332. The molecule has 0 bridgehead atoms. The minimum atomic E-state index is -0.842. The molecule has 0 aliphatic carbocycles. The lowest BCUT2D eigenvalue weighted by Gasteiger charge is -2.28. The van der Waals surface area contributed by atoms with E-state index >= 15 is 0 Å². The molecule has 2 saturated heterocycles. The number of ether oxygens (including phenoxy) is 2. The van der Waals surface area contributed by atoms with Gasteiger partial charge in [-0.3, -0.25) is 35.3 Å². The number of benzene rings is 2. The van der Waals surface area contributed by atoms with Crippen LogP contribution in [0.1, 0.15) is 24.0 Å². The quantitative estimate of drug-likeness (QED) is 0.104. The van der Waals surface area contributed by atoms with Gasteiger partial charge in [0, 0.05) is 62.7 Å². The van der Waals surface area contributed by atoms with Crippen LogP contribution in [0.4, 0.5) is 16.2 Å². The number of nitrogens with one attached hydrogen (secondary N) is 1. The summed E-state index contributed by atoms with van der Waals surface area (Å²) in [7, 11) is 1.59. The van der Waals surface area contributed by atoms with E-state index in [4.69, 9.17) is 14.9 Å². The van der Waals surface area contributed by atoms with Crippen molar-refractivity contribution in [1.82, 2.24) is 14.7 Å². The maximum atomic E-state index is 13.4. The summed E-state index contributed by atoms with van der Waals surface area (Å²) in [4.78, 5) is 63.8. The summed E-state index contributed by atoms with van der Waals surface area (Å²) in [6.45, 7) is 1.15. The van der Waals surface area contributed by atoms with E-state index in [0.29, 0.717) is 43.6 Å². The number of rotatable bonds is 9. The Kier molecular flexibility index (Phi) is 10.4. The molecule has 16 heteroatoms. The summed E-state index contributed by atoms with van der Waals surface area (Å²) < 4.78 is 10.6. The number of amidine groups is 1.